The maximum Gasteiger partial charge on any atom is 0.223 e. The molecule has 1 heterocycles. The minimum Gasteiger partial charge on any atom is -0.340 e. The fourth-order valence-corrected chi connectivity index (χ4v) is 3.84. The van der Waals surface area contributed by atoms with Gasteiger partial charge in [0.25, 0.3) is 0 Å². The summed E-state index contributed by atoms with van der Waals surface area (Å²) in [5, 5.41) is 2.40. The van der Waals surface area contributed by atoms with Crippen LogP contribution in [0.1, 0.15) is 20.3 Å². The molecule has 0 aliphatic carbocycles. The molecule has 2 rings (SSSR count). The summed E-state index contributed by atoms with van der Waals surface area (Å²) in [7, 11) is -3.63. The Labute approximate surface area is 130 Å². The lowest BCUT2D eigenvalue weighted by Crippen LogP contribution is -2.51. The second-order valence-corrected chi connectivity index (χ2v) is 8.07. The lowest BCUT2D eigenvalue weighted by Gasteiger charge is -2.32. The standard InChI is InChI=1S/C15H21FN2O3S/c1-11-10-18(8-7-17-11)15(19)9-12(2)22(20,21)14-5-3-13(16)4-6-14/h3-6,11-12,17H,7-10H2,1-2H3/t11-,12-/m0/s1. The highest BCUT2D eigenvalue weighted by molar-refractivity contribution is 7.92. The zero-order valence-corrected chi connectivity index (χ0v) is 13.6. The van der Waals surface area contributed by atoms with Crippen molar-refractivity contribution in [3.05, 3.63) is 30.1 Å². The van der Waals surface area contributed by atoms with E-state index in [0.717, 1.165) is 12.1 Å². The van der Waals surface area contributed by atoms with Gasteiger partial charge >= 0.3 is 0 Å². The molecule has 0 spiro atoms. The second-order valence-electron chi connectivity index (χ2n) is 5.71. The third kappa shape index (κ3) is 3.84. The molecule has 1 saturated heterocycles. The Hall–Kier alpha value is -1.47. The number of amides is 1. The number of sulfone groups is 1. The average molecular weight is 328 g/mol. The molecule has 5 nitrogen and oxygen atoms in total. The van der Waals surface area contributed by atoms with Crippen LogP contribution < -0.4 is 5.32 Å². The van der Waals surface area contributed by atoms with Crippen LogP contribution in [-0.2, 0) is 14.6 Å². The first kappa shape index (κ1) is 16.9. The summed E-state index contributed by atoms with van der Waals surface area (Å²) in [5.41, 5.74) is 0. The summed E-state index contributed by atoms with van der Waals surface area (Å²) < 4.78 is 37.7. The third-order valence-electron chi connectivity index (χ3n) is 3.86. The molecule has 122 valence electrons. The smallest absolute Gasteiger partial charge is 0.223 e. The summed E-state index contributed by atoms with van der Waals surface area (Å²) in [4.78, 5) is 14.0. The van der Waals surface area contributed by atoms with Crippen LogP contribution in [0.2, 0.25) is 0 Å². The summed E-state index contributed by atoms with van der Waals surface area (Å²) in [6.07, 6.45) is -0.0631. The predicted molar refractivity (Wildman–Crippen MR) is 81.7 cm³/mol. The van der Waals surface area contributed by atoms with E-state index in [-0.39, 0.29) is 23.3 Å². The number of halogens is 1. The van der Waals surface area contributed by atoms with Gasteiger partial charge < -0.3 is 10.2 Å². The van der Waals surface area contributed by atoms with Crippen molar-refractivity contribution in [2.24, 2.45) is 0 Å². The molecule has 1 aromatic rings. The first-order chi connectivity index (χ1) is 10.3. The van der Waals surface area contributed by atoms with Gasteiger partial charge in [0.1, 0.15) is 5.82 Å². The Morgan fingerprint density at radius 1 is 1.41 bits per heavy atom. The minimum absolute atomic E-state index is 0.0443. The molecule has 0 unspecified atom stereocenters. The summed E-state index contributed by atoms with van der Waals surface area (Å²) in [5.74, 6) is -0.649. The van der Waals surface area contributed by atoms with Gasteiger partial charge in [-0.05, 0) is 38.1 Å². The molecular formula is C15H21FN2O3S. The van der Waals surface area contributed by atoms with Gasteiger partial charge in [0.05, 0.1) is 10.1 Å². The fourth-order valence-electron chi connectivity index (χ4n) is 2.50. The first-order valence-electron chi connectivity index (χ1n) is 7.31. The summed E-state index contributed by atoms with van der Waals surface area (Å²) in [6.45, 7) is 5.39. The Balaban J connectivity index is 2.05. The highest BCUT2D eigenvalue weighted by Crippen LogP contribution is 2.19. The molecule has 1 aliphatic heterocycles. The maximum absolute atomic E-state index is 12.9. The van der Waals surface area contributed by atoms with Crippen LogP contribution in [0.5, 0.6) is 0 Å². The minimum atomic E-state index is -3.63. The van der Waals surface area contributed by atoms with E-state index in [4.69, 9.17) is 0 Å². The third-order valence-corrected chi connectivity index (χ3v) is 6.01. The number of hydrogen-bond donors (Lipinski definition) is 1. The van der Waals surface area contributed by atoms with Gasteiger partial charge in [-0.2, -0.15) is 0 Å². The molecule has 1 fully saturated rings. The highest BCUT2D eigenvalue weighted by atomic mass is 32.2. The van der Waals surface area contributed by atoms with Crippen LogP contribution in [0.4, 0.5) is 4.39 Å². The largest absolute Gasteiger partial charge is 0.340 e. The molecule has 1 N–H and O–H groups in total. The van der Waals surface area contributed by atoms with Crippen molar-refractivity contribution >= 4 is 15.7 Å². The van der Waals surface area contributed by atoms with Crippen molar-refractivity contribution in [1.82, 2.24) is 10.2 Å². The molecular weight excluding hydrogens is 307 g/mol. The molecule has 7 heteroatoms. The number of nitrogens with one attached hydrogen (secondary N) is 1. The van der Waals surface area contributed by atoms with E-state index < -0.39 is 20.9 Å². The molecule has 1 aromatic carbocycles. The zero-order valence-electron chi connectivity index (χ0n) is 12.8. The number of piperazine rings is 1. The molecule has 0 saturated carbocycles. The SMILES string of the molecule is C[C@H]1CN(C(=O)C[C@H](C)S(=O)(=O)c2ccc(F)cc2)CCN1. The van der Waals surface area contributed by atoms with Crippen LogP contribution in [0.15, 0.2) is 29.2 Å². The van der Waals surface area contributed by atoms with Crippen LogP contribution >= 0.6 is 0 Å². The van der Waals surface area contributed by atoms with E-state index in [0.29, 0.717) is 19.6 Å². The van der Waals surface area contributed by atoms with Crippen LogP contribution in [0, 0.1) is 5.82 Å². The van der Waals surface area contributed by atoms with E-state index >= 15 is 0 Å². The Morgan fingerprint density at radius 3 is 2.64 bits per heavy atom. The van der Waals surface area contributed by atoms with E-state index in [1.165, 1.54) is 19.1 Å². The Morgan fingerprint density at radius 2 is 2.05 bits per heavy atom. The zero-order chi connectivity index (χ0) is 16.3. The monoisotopic (exact) mass is 328 g/mol. The molecule has 0 aromatic heterocycles. The molecule has 1 aliphatic rings. The average Bonchev–Trinajstić information content (AvgIpc) is 2.47. The van der Waals surface area contributed by atoms with Crippen molar-refractivity contribution in [1.29, 1.82) is 0 Å². The number of carbonyl (C=O) groups is 1. The van der Waals surface area contributed by atoms with Crippen molar-refractivity contribution in [2.75, 3.05) is 19.6 Å². The van der Waals surface area contributed by atoms with Crippen molar-refractivity contribution in [3.63, 3.8) is 0 Å². The van der Waals surface area contributed by atoms with Crippen molar-refractivity contribution in [2.45, 2.75) is 36.5 Å². The highest BCUT2D eigenvalue weighted by Gasteiger charge is 2.29. The van der Waals surface area contributed by atoms with Gasteiger partial charge in [0.2, 0.25) is 5.91 Å². The van der Waals surface area contributed by atoms with E-state index in [9.17, 15) is 17.6 Å². The van der Waals surface area contributed by atoms with Crippen LogP contribution in [-0.4, -0.2) is 50.2 Å². The molecule has 0 bridgehead atoms. The maximum atomic E-state index is 12.9. The van der Waals surface area contributed by atoms with Crippen molar-refractivity contribution < 1.29 is 17.6 Å². The number of hydrogen-bond acceptors (Lipinski definition) is 4. The molecule has 0 radical (unpaired) electrons. The summed E-state index contributed by atoms with van der Waals surface area (Å²) in [6, 6.07) is 4.90. The Kier molecular flexibility index (Phi) is 5.18. The quantitative estimate of drug-likeness (QED) is 0.844. The second kappa shape index (κ2) is 6.75. The number of nitrogens with zero attached hydrogens (tertiary/aromatic N) is 1. The van der Waals surface area contributed by atoms with Gasteiger partial charge in [-0.3, -0.25) is 4.79 Å². The van der Waals surface area contributed by atoms with Crippen LogP contribution in [0.3, 0.4) is 0 Å². The van der Waals surface area contributed by atoms with E-state index in [1.54, 1.807) is 4.90 Å². The van der Waals surface area contributed by atoms with E-state index in [1.807, 2.05) is 6.92 Å². The van der Waals surface area contributed by atoms with Crippen LogP contribution in [0.25, 0.3) is 0 Å². The Bertz CT molecular complexity index is 631. The predicted octanol–water partition coefficient (Wildman–Crippen LogP) is 1.20. The number of rotatable bonds is 4. The normalized spacial score (nSPS) is 20.7. The lowest BCUT2D eigenvalue weighted by molar-refractivity contribution is -0.132. The van der Waals surface area contributed by atoms with Gasteiger partial charge in [-0.1, -0.05) is 0 Å². The molecule has 2 atom stereocenters. The summed E-state index contributed by atoms with van der Waals surface area (Å²) >= 11 is 0. The fraction of sp³-hybridized carbons (Fsp3) is 0.533. The van der Waals surface area contributed by atoms with Gasteiger partial charge in [-0.25, -0.2) is 12.8 Å². The van der Waals surface area contributed by atoms with Gasteiger partial charge in [-0.15, -0.1) is 0 Å². The van der Waals surface area contributed by atoms with E-state index in [2.05, 4.69) is 5.32 Å². The number of carbonyl (C=O) groups excluding carboxylic acids is 1. The number of benzene rings is 1. The van der Waals surface area contributed by atoms with Gasteiger partial charge in [0.15, 0.2) is 9.84 Å². The first-order valence-corrected chi connectivity index (χ1v) is 8.86. The molecule has 22 heavy (non-hydrogen) atoms. The molecule has 1 amide bonds. The topological polar surface area (TPSA) is 66.5 Å². The van der Waals surface area contributed by atoms with Crippen molar-refractivity contribution in [3.8, 4) is 0 Å². The van der Waals surface area contributed by atoms with Gasteiger partial charge in [0, 0.05) is 32.1 Å². The lowest BCUT2D eigenvalue weighted by atomic mass is 10.2.